The van der Waals surface area contributed by atoms with Gasteiger partial charge in [0.25, 0.3) is 0 Å². The molecule has 2 aromatic carbocycles. The highest BCUT2D eigenvalue weighted by atomic mass is 32.2. The van der Waals surface area contributed by atoms with E-state index in [9.17, 15) is 44.3 Å². The summed E-state index contributed by atoms with van der Waals surface area (Å²) in [6.07, 6.45) is -8.63. The van der Waals surface area contributed by atoms with Crippen LogP contribution in [0.5, 0.6) is 0 Å². The van der Waals surface area contributed by atoms with Crippen molar-refractivity contribution in [2.45, 2.75) is 93.8 Å². The van der Waals surface area contributed by atoms with Crippen LogP contribution in [0.1, 0.15) is 57.9 Å². The lowest BCUT2D eigenvalue weighted by Gasteiger charge is -2.46. The molecule has 1 aliphatic heterocycles. The number of hydrogen-bond donors (Lipinski definition) is 0. The highest BCUT2D eigenvalue weighted by Crippen LogP contribution is 2.38. The highest BCUT2D eigenvalue weighted by Gasteiger charge is 2.50. The monoisotopic (exact) mass is 675 g/mol. The van der Waals surface area contributed by atoms with E-state index >= 15 is 0 Å². The molecule has 1 heterocycles. The number of sulfone groups is 1. The minimum Gasteiger partial charge on any atom is -0.338 e. The van der Waals surface area contributed by atoms with Crippen LogP contribution in [0.2, 0.25) is 0 Å². The Kier molecular flexibility index (Phi) is 10.8. The first kappa shape index (κ1) is 35.7. The Bertz CT molecular complexity index is 1480. The molecule has 0 aromatic heterocycles. The van der Waals surface area contributed by atoms with E-state index in [1.165, 1.54) is 17.0 Å². The standard InChI is InChI=1S/C32H39F6N3O4S/c1-21(2)39(3)24-15-16-27(22(18-24)20-46(44,45)26-12-5-4-6-13-26)40-17-8-7-14-28(29(40)42)41(30(43)32(36,37)38)25-11-9-10-23(19-25)31(33,34)35/h4-6,9-13,19,21-22,24,27-28H,7-8,14-18,20H2,1-3H3/t22-,24-,27+,28+/m1/s1. The van der Waals surface area contributed by atoms with Crippen LogP contribution in [0.15, 0.2) is 59.5 Å². The zero-order chi connectivity index (χ0) is 34.0. The number of nitrogens with zero attached hydrogens (tertiary/aromatic N) is 3. The van der Waals surface area contributed by atoms with Crippen molar-refractivity contribution in [3.05, 3.63) is 60.2 Å². The molecule has 0 unspecified atom stereocenters. The van der Waals surface area contributed by atoms with E-state index in [-0.39, 0.29) is 47.0 Å². The fourth-order valence-electron chi connectivity index (χ4n) is 6.63. The number of anilines is 1. The Morgan fingerprint density at radius 2 is 1.63 bits per heavy atom. The second-order valence-corrected chi connectivity index (χ2v) is 14.4. The van der Waals surface area contributed by atoms with Gasteiger partial charge in [-0.1, -0.05) is 24.3 Å². The molecule has 0 N–H and O–H groups in total. The van der Waals surface area contributed by atoms with Gasteiger partial charge >= 0.3 is 18.3 Å². The number of carbonyl (C=O) groups excluding carboxylic acids is 2. The molecule has 1 aliphatic carbocycles. The lowest BCUT2D eigenvalue weighted by Crippen LogP contribution is -2.58. The molecule has 1 saturated heterocycles. The molecule has 2 fully saturated rings. The number of amides is 2. The maximum absolute atomic E-state index is 14.3. The predicted molar refractivity (Wildman–Crippen MR) is 161 cm³/mol. The summed E-state index contributed by atoms with van der Waals surface area (Å²) in [4.78, 5) is 30.8. The molecular formula is C32H39F6N3O4S. The van der Waals surface area contributed by atoms with Gasteiger partial charge in [-0.3, -0.25) is 14.5 Å². The van der Waals surface area contributed by atoms with Gasteiger partial charge in [0.15, 0.2) is 9.84 Å². The summed E-state index contributed by atoms with van der Waals surface area (Å²) in [6.45, 7) is 4.12. The van der Waals surface area contributed by atoms with Crippen molar-refractivity contribution in [3.8, 4) is 0 Å². The molecule has 1 saturated carbocycles. The fraction of sp³-hybridized carbons (Fsp3) is 0.562. The summed E-state index contributed by atoms with van der Waals surface area (Å²) in [5.41, 5.74) is -1.95. The number of rotatable bonds is 8. The average Bonchev–Trinajstić information content (AvgIpc) is 3.17. The van der Waals surface area contributed by atoms with Crippen LogP contribution >= 0.6 is 0 Å². The third kappa shape index (κ3) is 8.04. The van der Waals surface area contributed by atoms with Gasteiger partial charge in [-0.2, -0.15) is 26.3 Å². The van der Waals surface area contributed by atoms with Gasteiger partial charge in [0.2, 0.25) is 5.91 Å². The maximum Gasteiger partial charge on any atom is 0.471 e. The molecule has 46 heavy (non-hydrogen) atoms. The molecule has 2 aliphatic rings. The molecule has 0 bridgehead atoms. The summed E-state index contributed by atoms with van der Waals surface area (Å²) in [5, 5.41) is 0. The van der Waals surface area contributed by atoms with Crippen LogP contribution < -0.4 is 4.90 Å². The van der Waals surface area contributed by atoms with Gasteiger partial charge in [-0.25, -0.2) is 8.42 Å². The largest absolute Gasteiger partial charge is 0.471 e. The quantitative estimate of drug-likeness (QED) is 0.306. The summed E-state index contributed by atoms with van der Waals surface area (Å²) >= 11 is 0. The minimum atomic E-state index is -5.47. The number of alkyl halides is 6. The van der Waals surface area contributed by atoms with E-state index in [1.807, 2.05) is 20.9 Å². The van der Waals surface area contributed by atoms with Crippen molar-refractivity contribution in [3.63, 3.8) is 0 Å². The molecule has 7 nitrogen and oxygen atoms in total. The van der Waals surface area contributed by atoms with Crippen LogP contribution in [0.25, 0.3) is 0 Å². The fourth-order valence-corrected chi connectivity index (χ4v) is 8.32. The molecule has 14 heteroatoms. The van der Waals surface area contributed by atoms with Crippen LogP contribution in [0, 0.1) is 5.92 Å². The second kappa shape index (κ2) is 13.9. The van der Waals surface area contributed by atoms with Gasteiger partial charge in [0.05, 0.1) is 16.2 Å². The van der Waals surface area contributed by atoms with Crippen LogP contribution in [0.3, 0.4) is 0 Å². The predicted octanol–water partition coefficient (Wildman–Crippen LogP) is 6.33. The summed E-state index contributed by atoms with van der Waals surface area (Å²) in [6, 6.07) is 8.52. The van der Waals surface area contributed by atoms with Crippen LogP contribution in [-0.4, -0.2) is 79.7 Å². The first-order valence-electron chi connectivity index (χ1n) is 15.3. The minimum absolute atomic E-state index is 0.0153. The highest BCUT2D eigenvalue weighted by molar-refractivity contribution is 7.91. The Morgan fingerprint density at radius 3 is 2.24 bits per heavy atom. The van der Waals surface area contributed by atoms with E-state index in [2.05, 4.69) is 4.90 Å². The Hall–Kier alpha value is -3.13. The maximum atomic E-state index is 14.3. The molecule has 0 radical (unpaired) electrons. The van der Waals surface area contributed by atoms with Crippen molar-refractivity contribution in [1.29, 1.82) is 0 Å². The van der Waals surface area contributed by atoms with E-state index in [0.29, 0.717) is 37.8 Å². The van der Waals surface area contributed by atoms with Gasteiger partial charge in [-0.15, -0.1) is 0 Å². The Labute approximate surface area is 265 Å². The van der Waals surface area contributed by atoms with Gasteiger partial charge in [0, 0.05) is 30.4 Å². The third-order valence-corrected chi connectivity index (χ3v) is 11.0. The van der Waals surface area contributed by atoms with E-state index in [1.54, 1.807) is 18.2 Å². The molecular weight excluding hydrogens is 636 g/mol. The summed E-state index contributed by atoms with van der Waals surface area (Å²) in [5.74, 6) is -4.18. The normalized spacial score (nSPS) is 23.5. The van der Waals surface area contributed by atoms with Crippen molar-refractivity contribution in [2.24, 2.45) is 5.92 Å². The molecule has 4 rings (SSSR count). The van der Waals surface area contributed by atoms with Crippen molar-refractivity contribution in [1.82, 2.24) is 9.80 Å². The number of halogens is 6. The smallest absolute Gasteiger partial charge is 0.338 e. The number of hydrogen-bond acceptors (Lipinski definition) is 5. The molecule has 2 amide bonds. The summed E-state index contributed by atoms with van der Waals surface area (Å²) in [7, 11) is -1.90. The van der Waals surface area contributed by atoms with E-state index < -0.39 is 63.3 Å². The van der Waals surface area contributed by atoms with Crippen molar-refractivity contribution in [2.75, 3.05) is 24.2 Å². The van der Waals surface area contributed by atoms with Gasteiger partial charge in [0.1, 0.15) is 6.04 Å². The third-order valence-electron chi connectivity index (χ3n) is 9.16. The number of likely N-dealkylation sites (tertiary alicyclic amines) is 1. The first-order valence-corrected chi connectivity index (χ1v) is 16.9. The first-order chi connectivity index (χ1) is 21.4. The lowest BCUT2D eigenvalue weighted by molar-refractivity contribution is -0.171. The van der Waals surface area contributed by atoms with E-state index in [0.717, 1.165) is 12.1 Å². The van der Waals surface area contributed by atoms with E-state index in [4.69, 9.17) is 0 Å². The number of carbonyl (C=O) groups is 2. The van der Waals surface area contributed by atoms with Crippen LogP contribution in [-0.2, 0) is 25.6 Å². The SMILES string of the molecule is CC(C)N(C)[C@@H]1CC[C@H](N2CCCC[C@H](N(C(=O)C(F)(F)F)c3cccc(C(F)(F)F)c3)C2=O)[C@@H](CS(=O)(=O)c2ccccc2)C1. The second-order valence-electron chi connectivity index (χ2n) is 12.4. The molecule has 254 valence electrons. The van der Waals surface area contributed by atoms with Crippen molar-refractivity contribution >= 4 is 27.3 Å². The average molecular weight is 676 g/mol. The Balaban J connectivity index is 1.74. The molecule has 2 aromatic rings. The van der Waals surface area contributed by atoms with Crippen molar-refractivity contribution < 1.29 is 44.3 Å². The summed E-state index contributed by atoms with van der Waals surface area (Å²) < 4.78 is 110. The molecule has 0 spiro atoms. The Morgan fingerprint density at radius 1 is 0.957 bits per heavy atom. The zero-order valence-corrected chi connectivity index (χ0v) is 26.7. The van der Waals surface area contributed by atoms with Gasteiger partial charge in [-0.05, 0) is 95.7 Å². The topological polar surface area (TPSA) is 78.0 Å². The van der Waals surface area contributed by atoms with Crippen LogP contribution in [0.4, 0.5) is 32.0 Å². The van der Waals surface area contributed by atoms with Gasteiger partial charge < -0.3 is 9.80 Å². The number of benzene rings is 2. The zero-order valence-electron chi connectivity index (χ0n) is 25.9. The lowest BCUT2D eigenvalue weighted by atomic mass is 9.80. The molecule has 4 atom stereocenters.